The van der Waals surface area contributed by atoms with Crippen molar-refractivity contribution >= 4 is 35.0 Å². The average Bonchev–Trinajstić information content (AvgIpc) is 3.19. The third-order valence-electron chi connectivity index (χ3n) is 8.76. The van der Waals surface area contributed by atoms with Gasteiger partial charge in [0, 0.05) is 49.5 Å². The first-order valence-electron chi connectivity index (χ1n) is 17.4. The minimum atomic E-state index is -0.594. The van der Waals surface area contributed by atoms with Crippen LogP contribution in [0.2, 0.25) is 0 Å². The first kappa shape index (κ1) is 36.7. The van der Waals surface area contributed by atoms with E-state index in [1.54, 1.807) is 42.4 Å². The molecule has 2 heterocycles. The Kier molecular flexibility index (Phi) is 13.0. The fraction of sp³-hybridized carbons (Fsp3) is 0.268. The number of aromatic nitrogens is 2. The molecular weight excluding hydrogens is 675 g/mol. The number of benzene rings is 4. The zero-order chi connectivity index (χ0) is 36.1. The second kappa shape index (κ2) is 18.4. The highest BCUT2D eigenvalue weighted by Gasteiger charge is 2.32. The van der Waals surface area contributed by atoms with Gasteiger partial charge < -0.3 is 30.9 Å². The first-order chi connectivity index (χ1) is 25.4. The molecule has 3 unspecified atom stereocenters. The molecule has 10 nitrogen and oxygen atoms in total. The zero-order valence-electron chi connectivity index (χ0n) is 28.8. The summed E-state index contributed by atoms with van der Waals surface area (Å²) in [6, 6.07) is 33.1. The lowest BCUT2D eigenvalue weighted by molar-refractivity contribution is -0.245. The van der Waals surface area contributed by atoms with Gasteiger partial charge in [-0.25, -0.2) is 9.97 Å². The average molecular weight is 718 g/mol. The van der Waals surface area contributed by atoms with Crippen LogP contribution in [0.3, 0.4) is 0 Å². The number of rotatable bonds is 15. The third-order valence-corrected chi connectivity index (χ3v) is 9.76. The summed E-state index contributed by atoms with van der Waals surface area (Å²) in [6.45, 7) is 0.387. The van der Waals surface area contributed by atoms with Crippen LogP contribution in [0.4, 0.5) is 11.4 Å². The number of carbonyl (C=O) groups is 2. The van der Waals surface area contributed by atoms with Gasteiger partial charge in [0.05, 0.1) is 30.2 Å². The molecule has 5 aromatic rings. The van der Waals surface area contributed by atoms with Crippen molar-refractivity contribution in [2.45, 2.75) is 68.9 Å². The van der Waals surface area contributed by atoms with Gasteiger partial charge in [0.25, 0.3) is 0 Å². The number of carbonyl (C=O) groups excluding carboxylic acids is 2. The number of hydrogen-bond donors (Lipinski definition) is 4. The van der Waals surface area contributed by atoms with Crippen molar-refractivity contribution in [2.75, 3.05) is 16.8 Å². The molecule has 0 bridgehead atoms. The number of nitrogens with one attached hydrogen (secondary N) is 2. The number of thioether (sulfide) groups is 1. The van der Waals surface area contributed by atoms with Crippen LogP contribution in [0.5, 0.6) is 0 Å². The molecule has 1 saturated heterocycles. The molecule has 2 amide bonds. The van der Waals surface area contributed by atoms with Crippen molar-refractivity contribution in [3.05, 3.63) is 138 Å². The number of aliphatic hydroxyl groups excluding tert-OH is 1. The SMILES string of the molecule is Nc1ccccc1NC(=O)CCCCC(=O)NCc1cccc(-c2cccc(C3OC(CSc4ncccn4)CC(c4ccc(CO)cc4)O3)c2)c1. The summed E-state index contributed by atoms with van der Waals surface area (Å²) in [5, 5.41) is 16.1. The summed E-state index contributed by atoms with van der Waals surface area (Å²) in [5.41, 5.74) is 12.8. The summed E-state index contributed by atoms with van der Waals surface area (Å²) in [4.78, 5) is 33.6. The predicted molar refractivity (Wildman–Crippen MR) is 203 cm³/mol. The van der Waals surface area contributed by atoms with Crippen molar-refractivity contribution in [3.8, 4) is 11.1 Å². The largest absolute Gasteiger partial charge is 0.397 e. The van der Waals surface area contributed by atoms with Crippen LogP contribution in [-0.4, -0.2) is 38.7 Å². The van der Waals surface area contributed by atoms with Gasteiger partial charge in [0.1, 0.15) is 0 Å². The van der Waals surface area contributed by atoms with E-state index < -0.39 is 6.29 Å². The van der Waals surface area contributed by atoms with Crippen LogP contribution in [0.1, 0.15) is 66.8 Å². The van der Waals surface area contributed by atoms with Crippen LogP contribution in [0, 0.1) is 0 Å². The smallest absolute Gasteiger partial charge is 0.224 e. The van der Waals surface area contributed by atoms with Crippen LogP contribution >= 0.6 is 11.8 Å². The summed E-state index contributed by atoms with van der Waals surface area (Å²) in [7, 11) is 0. The van der Waals surface area contributed by atoms with Crippen LogP contribution in [0.15, 0.2) is 121 Å². The molecule has 1 fully saturated rings. The van der Waals surface area contributed by atoms with E-state index in [9.17, 15) is 14.7 Å². The van der Waals surface area contributed by atoms with Crippen LogP contribution in [-0.2, 0) is 32.2 Å². The Balaban J connectivity index is 1.05. The highest BCUT2D eigenvalue weighted by Crippen LogP contribution is 2.40. The van der Waals surface area contributed by atoms with Gasteiger partial charge in [-0.1, -0.05) is 84.6 Å². The van der Waals surface area contributed by atoms with Gasteiger partial charge in [-0.3, -0.25) is 9.59 Å². The minimum Gasteiger partial charge on any atom is -0.397 e. The number of nitrogen functional groups attached to an aromatic ring is 1. The van der Waals surface area contributed by atoms with Gasteiger partial charge in [0.2, 0.25) is 11.8 Å². The normalized spacial score (nSPS) is 17.0. The number of amides is 2. The number of nitrogens with zero attached hydrogens (tertiary/aromatic N) is 2. The number of unbranched alkanes of at least 4 members (excludes halogenated alkanes) is 1. The molecule has 0 aliphatic carbocycles. The minimum absolute atomic E-state index is 0.0117. The quantitative estimate of drug-likeness (QED) is 0.0377. The molecule has 11 heteroatoms. The molecule has 1 aliphatic rings. The number of ether oxygens (including phenoxy) is 2. The highest BCUT2D eigenvalue weighted by molar-refractivity contribution is 7.99. The molecule has 0 saturated carbocycles. The number of nitrogens with two attached hydrogens (primary N) is 1. The molecule has 6 rings (SSSR count). The lowest BCUT2D eigenvalue weighted by atomic mass is 9.99. The zero-order valence-corrected chi connectivity index (χ0v) is 29.6. The second-order valence-electron chi connectivity index (χ2n) is 12.6. The Morgan fingerprint density at radius 1 is 0.788 bits per heavy atom. The summed E-state index contributed by atoms with van der Waals surface area (Å²) in [6.07, 6.45) is 5.10. The molecule has 0 spiro atoms. The van der Waals surface area contributed by atoms with E-state index in [0.717, 1.165) is 33.4 Å². The first-order valence-corrected chi connectivity index (χ1v) is 18.4. The maximum Gasteiger partial charge on any atom is 0.224 e. The van der Waals surface area contributed by atoms with E-state index in [-0.39, 0.29) is 30.6 Å². The topological polar surface area (TPSA) is 149 Å². The predicted octanol–water partition coefficient (Wildman–Crippen LogP) is 7.37. The molecule has 4 aromatic carbocycles. The Bertz CT molecular complexity index is 1930. The second-order valence-corrected chi connectivity index (χ2v) is 13.6. The van der Waals surface area contributed by atoms with Gasteiger partial charge in [-0.2, -0.15) is 0 Å². The molecule has 1 aliphatic heterocycles. The lowest BCUT2D eigenvalue weighted by Gasteiger charge is -2.36. The van der Waals surface area contributed by atoms with Crippen molar-refractivity contribution in [1.82, 2.24) is 15.3 Å². The van der Waals surface area contributed by atoms with Gasteiger partial charge >= 0.3 is 0 Å². The van der Waals surface area contributed by atoms with E-state index >= 15 is 0 Å². The van der Waals surface area contributed by atoms with Crippen molar-refractivity contribution in [2.24, 2.45) is 0 Å². The molecule has 5 N–H and O–H groups in total. The van der Waals surface area contributed by atoms with E-state index in [0.29, 0.717) is 60.9 Å². The lowest BCUT2D eigenvalue weighted by Crippen LogP contribution is -2.31. The molecule has 0 radical (unpaired) electrons. The third kappa shape index (κ3) is 10.5. The van der Waals surface area contributed by atoms with Crippen LogP contribution in [0.25, 0.3) is 11.1 Å². The fourth-order valence-corrected chi connectivity index (χ4v) is 6.78. The monoisotopic (exact) mass is 717 g/mol. The Morgan fingerprint density at radius 3 is 2.29 bits per heavy atom. The molecule has 1 aromatic heterocycles. The molecule has 3 atom stereocenters. The number of para-hydroxylation sites is 2. The fourth-order valence-electron chi connectivity index (χ4n) is 5.96. The van der Waals surface area contributed by atoms with Crippen molar-refractivity contribution in [3.63, 3.8) is 0 Å². The summed E-state index contributed by atoms with van der Waals surface area (Å²) >= 11 is 1.56. The van der Waals surface area contributed by atoms with E-state index in [4.69, 9.17) is 15.2 Å². The number of anilines is 2. The standard InChI is InChI=1S/C41H43N5O5S/c42-35-12-1-2-13-36(35)46-39(49)15-4-3-14-38(48)45-25-29-8-5-9-31(22-29)32-10-6-11-33(23-32)40-50-34(27-52-41-43-20-7-21-44-41)24-37(51-40)30-18-16-28(26-47)17-19-30/h1-2,5-13,16-23,34,37,40,47H,3-4,14-15,24-27,42H2,(H,45,48)(H,46,49). The van der Waals surface area contributed by atoms with Crippen LogP contribution < -0.4 is 16.4 Å². The maximum absolute atomic E-state index is 12.6. The summed E-state index contributed by atoms with van der Waals surface area (Å²) in [5.74, 6) is 0.492. The van der Waals surface area contributed by atoms with E-state index in [2.05, 4.69) is 38.8 Å². The number of aliphatic hydroxyl groups is 1. The van der Waals surface area contributed by atoms with E-state index in [1.807, 2.05) is 66.7 Å². The Labute approximate surface area is 308 Å². The highest BCUT2D eigenvalue weighted by atomic mass is 32.2. The Hall–Kier alpha value is -5.07. The van der Waals surface area contributed by atoms with Crippen molar-refractivity contribution in [1.29, 1.82) is 0 Å². The number of hydrogen-bond acceptors (Lipinski definition) is 9. The summed E-state index contributed by atoms with van der Waals surface area (Å²) < 4.78 is 13.1. The van der Waals surface area contributed by atoms with Gasteiger partial charge in [-0.05, 0) is 71.0 Å². The molecular formula is C41H43N5O5S. The molecule has 52 heavy (non-hydrogen) atoms. The molecule has 268 valence electrons. The van der Waals surface area contributed by atoms with Gasteiger partial charge in [-0.15, -0.1) is 0 Å². The maximum atomic E-state index is 12.6. The van der Waals surface area contributed by atoms with Crippen molar-refractivity contribution < 1.29 is 24.2 Å². The van der Waals surface area contributed by atoms with E-state index in [1.165, 1.54) is 0 Å². The van der Waals surface area contributed by atoms with Gasteiger partial charge in [0.15, 0.2) is 11.4 Å². The Morgan fingerprint density at radius 2 is 1.52 bits per heavy atom.